The van der Waals surface area contributed by atoms with Gasteiger partial charge in [0.1, 0.15) is 5.82 Å². The number of hydrogen-bond donors (Lipinski definition) is 1. The highest BCUT2D eigenvalue weighted by Gasteiger charge is 2.27. The summed E-state index contributed by atoms with van der Waals surface area (Å²) in [6, 6.07) is 11.1. The van der Waals surface area contributed by atoms with Crippen molar-refractivity contribution in [3.05, 3.63) is 75.6 Å². The van der Waals surface area contributed by atoms with Crippen LogP contribution >= 0.6 is 11.6 Å². The van der Waals surface area contributed by atoms with Crippen molar-refractivity contribution < 1.29 is 23.8 Å². The van der Waals surface area contributed by atoms with E-state index in [9.17, 15) is 14.3 Å². The molecule has 1 heterocycles. The van der Waals surface area contributed by atoms with Gasteiger partial charge in [-0.25, -0.2) is 9.18 Å². The molecule has 0 radical (unpaired) electrons. The fourth-order valence-corrected chi connectivity index (χ4v) is 4.88. The molecule has 2 aromatic carbocycles. The molecule has 1 unspecified atom stereocenters. The molecule has 0 amide bonds. The molecule has 1 fully saturated rings. The van der Waals surface area contributed by atoms with E-state index >= 15 is 0 Å². The number of rotatable bonds is 11. The lowest BCUT2D eigenvalue weighted by molar-refractivity contribution is -0.137. The van der Waals surface area contributed by atoms with Gasteiger partial charge in [0.15, 0.2) is 0 Å². The maximum absolute atomic E-state index is 13.9. The fourth-order valence-electron chi connectivity index (χ4n) is 4.54. The van der Waals surface area contributed by atoms with E-state index in [2.05, 4.69) is 4.90 Å². The standard InChI is InChI=1S/C28H35ClFNO4/c1-4-34-27(33)13-12-22-7-5-9-25(29)28(22)20(3)35-18-24(32)17-31-14-6-8-23(31)15-21-11-10-19(2)26(30)16-21/h5,7,9-13,16,20,23-24,32H,4,6,8,14-15,17-18H2,1-3H3/t20?,23-,24+/m0/s1. The molecule has 3 rings (SSSR count). The second-order valence-corrected chi connectivity index (χ2v) is 9.44. The van der Waals surface area contributed by atoms with Gasteiger partial charge in [-0.1, -0.05) is 35.9 Å². The van der Waals surface area contributed by atoms with Crippen LogP contribution in [-0.2, 0) is 20.7 Å². The Balaban J connectivity index is 1.57. The van der Waals surface area contributed by atoms with Crippen molar-refractivity contribution in [1.82, 2.24) is 4.90 Å². The normalized spacial score (nSPS) is 18.2. The minimum atomic E-state index is -0.672. The first kappa shape index (κ1) is 27.3. The summed E-state index contributed by atoms with van der Waals surface area (Å²) in [6.45, 7) is 7.24. The highest BCUT2D eigenvalue weighted by Crippen LogP contribution is 2.30. The van der Waals surface area contributed by atoms with Crippen molar-refractivity contribution in [2.24, 2.45) is 0 Å². The molecule has 35 heavy (non-hydrogen) atoms. The van der Waals surface area contributed by atoms with Crippen molar-refractivity contribution in [1.29, 1.82) is 0 Å². The average molecular weight is 504 g/mol. The predicted molar refractivity (Wildman–Crippen MR) is 137 cm³/mol. The smallest absolute Gasteiger partial charge is 0.330 e. The summed E-state index contributed by atoms with van der Waals surface area (Å²) >= 11 is 6.44. The molecule has 3 atom stereocenters. The van der Waals surface area contributed by atoms with E-state index in [0.29, 0.717) is 23.7 Å². The van der Waals surface area contributed by atoms with Crippen molar-refractivity contribution in [3.8, 4) is 0 Å². The van der Waals surface area contributed by atoms with Gasteiger partial charge in [-0.3, -0.25) is 4.90 Å². The van der Waals surface area contributed by atoms with Crippen LogP contribution in [0.3, 0.4) is 0 Å². The van der Waals surface area contributed by atoms with E-state index in [-0.39, 0.29) is 24.6 Å². The third-order valence-electron chi connectivity index (χ3n) is 6.37. The molecule has 0 saturated carbocycles. The van der Waals surface area contributed by atoms with Gasteiger partial charge in [0.05, 0.1) is 25.4 Å². The first-order valence-corrected chi connectivity index (χ1v) is 12.6. The van der Waals surface area contributed by atoms with Gasteiger partial charge in [-0.15, -0.1) is 0 Å². The van der Waals surface area contributed by atoms with Crippen LogP contribution in [0.4, 0.5) is 4.39 Å². The monoisotopic (exact) mass is 503 g/mol. The third-order valence-corrected chi connectivity index (χ3v) is 6.70. The summed E-state index contributed by atoms with van der Waals surface area (Å²) in [5.74, 6) is -0.596. The molecular weight excluding hydrogens is 469 g/mol. The van der Waals surface area contributed by atoms with Gasteiger partial charge in [-0.05, 0) is 81.5 Å². The number of β-amino-alcohol motifs (C(OH)–C–C–N with tert-alkyl or cyclic N) is 1. The van der Waals surface area contributed by atoms with Crippen LogP contribution < -0.4 is 0 Å². The molecule has 190 valence electrons. The number of benzene rings is 2. The van der Waals surface area contributed by atoms with Crippen molar-refractivity contribution in [2.45, 2.75) is 58.3 Å². The van der Waals surface area contributed by atoms with Crippen LogP contribution in [0.15, 0.2) is 42.5 Å². The Morgan fingerprint density at radius 2 is 2.14 bits per heavy atom. The van der Waals surface area contributed by atoms with Crippen LogP contribution in [-0.4, -0.2) is 54.4 Å². The Hall–Kier alpha value is -2.25. The lowest BCUT2D eigenvalue weighted by atomic mass is 10.0. The number of likely N-dealkylation sites (tertiary alicyclic amines) is 1. The number of hydrogen-bond acceptors (Lipinski definition) is 5. The molecule has 0 bridgehead atoms. The summed E-state index contributed by atoms with van der Waals surface area (Å²) in [5, 5.41) is 11.2. The largest absolute Gasteiger partial charge is 0.463 e. The van der Waals surface area contributed by atoms with E-state index < -0.39 is 12.1 Å². The fraction of sp³-hybridized carbons (Fsp3) is 0.464. The number of carbonyl (C=O) groups excluding carboxylic acids is 1. The van der Waals surface area contributed by atoms with Crippen LogP contribution in [0.2, 0.25) is 5.02 Å². The second-order valence-electron chi connectivity index (χ2n) is 9.04. The number of aryl methyl sites for hydroxylation is 1. The van der Waals surface area contributed by atoms with Crippen molar-refractivity contribution in [2.75, 3.05) is 26.3 Å². The number of carbonyl (C=O) groups is 1. The molecule has 2 aromatic rings. The zero-order valence-corrected chi connectivity index (χ0v) is 21.4. The van der Waals surface area contributed by atoms with Gasteiger partial charge in [0.25, 0.3) is 0 Å². The van der Waals surface area contributed by atoms with Crippen molar-refractivity contribution >= 4 is 23.6 Å². The molecular formula is C28H35ClFNO4. The first-order valence-electron chi connectivity index (χ1n) is 12.2. The Kier molecular flexibility index (Phi) is 10.3. The second kappa shape index (κ2) is 13.2. The number of esters is 1. The lowest BCUT2D eigenvalue weighted by Gasteiger charge is -2.28. The summed E-state index contributed by atoms with van der Waals surface area (Å²) < 4.78 is 24.9. The van der Waals surface area contributed by atoms with E-state index in [0.717, 1.165) is 42.5 Å². The molecule has 0 aliphatic carbocycles. The number of nitrogens with zero attached hydrogens (tertiary/aromatic N) is 1. The quantitative estimate of drug-likeness (QED) is 0.323. The summed E-state index contributed by atoms with van der Waals surface area (Å²) in [5.41, 5.74) is 3.14. The predicted octanol–water partition coefficient (Wildman–Crippen LogP) is 5.51. The van der Waals surface area contributed by atoms with Crippen molar-refractivity contribution in [3.63, 3.8) is 0 Å². The lowest BCUT2D eigenvalue weighted by Crippen LogP contribution is -2.39. The third kappa shape index (κ3) is 7.87. The Morgan fingerprint density at radius 3 is 2.89 bits per heavy atom. The maximum atomic E-state index is 13.9. The zero-order chi connectivity index (χ0) is 25.4. The van der Waals surface area contributed by atoms with E-state index in [1.165, 1.54) is 6.08 Å². The van der Waals surface area contributed by atoms with Crippen LogP contribution in [0.1, 0.15) is 55.0 Å². The first-order chi connectivity index (χ1) is 16.8. The Bertz CT molecular complexity index is 1030. The molecule has 7 heteroatoms. The van der Waals surface area contributed by atoms with E-state index in [1.54, 1.807) is 32.1 Å². The summed E-state index contributed by atoms with van der Waals surface area (Å²) in [4.78, 5) is 14.0. The van der Waals surface area contributed by atoms with Gasteiger partial charge in [-0.2, -0.15) is 0 Å². The number of ether oxygens (including phenoxy) is 2. The number of aliphatic hydroxyl groups is 1. The number of aliphatic hydroxyl groups excluding tert-OH is 1. The molecule has 1 saturated heterocycles. The van der Waals surface area contributed by atoms with Crippen LogP contribution in [0, 0.1) is 12.7 Å². The molecule has 1 aliphatic heterocycles. The van der Waals surface area contributed by atoms with Gasteiger partial charge < -0.3 is 14.6 Å². The van der Waals surface area contributed by atoms with Crippen LogP contribution in [0.5, 0.6) is 0 Å². The maximum Gasteiger partial charge on any atom is 0.330 e. The molecule has 0 spiro atoms. The topological polar surface area (TPSA) is 59.0 Å². The summed E-state index contributed by atoms with van der Waals surface area (Å²) in [6.07, 6.45) is 4.82. The van der Waals surface area contributed by atoms with E-state index in [4.69, 9.17) is 21.1 Å². The van der Waals surface area contributed by atoms with Gasteiger partial charge in [0, 0.05) is 29.2 Å². The average Bonchev–Trinajstić information content (AvgIpc) is 3.25. The highest BCUT2D eigenvalue weighted by molar-refractivity contribution is 6.31. The van der Waals surface area contributed by atoms with Gasteiger partial charge in [0.2, 0.25) is 0 Å². The molecule has 0 aromatic heterocycles. The molecule has 1 aliphatic rings. The minimum absolute atomic E-state index is 0.149. The van der Waals surface area contributed by atoms with E-state index in [1.807, 2.05) is 31.2 Å². The number of halogens is 2. The Labute approximate surface area is 212 Å². The highest BCUT2D eigenvalue weighted by atomic mass is 35.5. The molecule has 5 nitrogen and oxygen atoms in total. The Morgan fingerprint density at radius 1 is 1.34 bits per heavy atom. The summed E-state index contributed by atoms with van der Waals surface area (Å²) in [7, 11) is 0. The zero-order valence-electron chi connectivity index (χ0n) is 20.7. The SMILES string of the molecule is CCOC(=O)C=Cc1cccc(Cl)c1C(C)OC[C@H](O)CN1CCC[C@H]1Cc1ccc(C)c(F)c1. The van der Waals surface area contributed by atoms with Crippen LogP contribution in [0.25, 0.3) is 6.08 Å². The molecule has 1 N–H and O–H groups in total. The minimum Gasteiger partial charge on any atom is -0.463 e. The van der Waals surface area contributed by atoms with Gasteiger partial charge >= 0.3 is 5.97 Å².